The van der Waals surface area contributed by atoms with E-state index in [1.807, 2.05) is 12.1 Å². The summed E-state index contributed by atoms with van der Waals surface area (Å²) in [7, 11) is 1.47. The van der Waals surface area contributed by atoms with E-state index < -0.39 is 11.5 Å². The van der Waals surface area contributed by atoms with Crippen molar-refractivity contribution in [2.75, 3.05) is 12.4 Å². The predicted molar refractivity (Wildman–Crippen MR) is 102 cm³/mol. The van der Waals surface area contributed by atoms with Crippen molar-refractivity contribution in [3.63, 3.8) is 0 Å². The normalized spacial score (nSPS) is 10.5. The van der Waals surface area contributed by atoms with Crippen molar-refractivity contribution in [3.8, 4) is 5.75 Å². The maximum atomic E-state index is 12.6. The van der Waals surface area contributed by atoms with E-state index >= 15 is 0 Å². The molecule has 1 N–H and O–H groups in total. The Morgan fingerprint density at radius 3 is 2.85 bits per heavy atom. The molecule has 2 aromatic carbocycles. The fourth-order valence-electron chi connectivity index (χ4n) is 2.64. The quantitative estimate of drug-likeness (QED) is 0.533. The van der Waals surface area contributed by atoms with Crippen LogP contribution in [0.1, 0.15) is 15.9 Å². The lowest BCUT2D eigenvalue weighted by molar-refractivity contribution is 0.102. The van der Waals surface area contributed by atoms with E-state index in [2.05, 4.69) is 11.9 Å². The van der Waals surface area contributed by atoms with Crippen LogP contribution in [0.2, 0.25) is 5.02 Å². The van der Waals surface area contributed by atoms with Gasteiger partial charge in [-0.1, -0.05) is 35.9 Å². The fraction of sp³-hybridized carbons (Fsp3) is 0.100. The number of amides is 1. The van der Waals surface area contributed by atoms with Gasteiger partial charge >= 0.3 is 5.63 Å². The molecular weight excluding hydrogens is 354 g/mol. The number of fused-ring (bicyclic) bond motifs is 1. The number of nitrogens with one attached hydrogen (secondary N) is 1. The zero-order valence-electron chi connectivity index (χ0n) is 14.0. The molecule has 1 amide bonds. The minimum absolute atomic E-state index is 0.0924. The Morgan fingerprint density at radius 2 is 2.12 bits per heavy atom. The van der Waals surface area contributed by atoms with Crippen LogP contribution in [0, 0.1) is 0 Å². The SMILES string of the molecule is C=CCc1cccc2cc(C(=O)Nc3ccc(Cl)cc3OC)c(=O)oc12. The van der Waals surface area contributed by atoms with Gasteiger partial charge in [-0.05, 0) is 30.2 Å². The molecule has 3 aromatic rings. The number of methoxy groups -OCH3 is 1. The second kappa shape index (κ2) is 7.45. The molecule has 132 valence electrons. The van der Waals surface area contributed by atoms with Crippen molar-refractivity contribution in [2.24, 2.45) is 0 Å². The molecule has 0 aliphatic rings. The van der Waals surface area contributed by atoms with Gasteiger partial charge in [-0.15, -0.1) is 6.58 Å². The van der Waals surface area contributed by atoms with Gasteiger partial charge in [-0.2, -0.15) is 0 Å². The molecule has 0 spiro atoms. The van der Waals surface area contributed by atoms with Crippen molar-refractivity contribution in [1.82, 2.24) is 0 Å². The Kier molecular flexibility index (Phi) is 5.09. The fourth-order valence-corrected chi connectivity index (χ4v) is 2.80. The number of para-hydroxylation sites is 1. The lowest BCUT2D eigenvalue weighted by Crippen LogP contribution is -2.21. The number of halogens is 1. The molecule has 0 aliphatic carbocycles. The molecule has 0 aliphatic heterocycles. The summed E-state index contributed by atoms with van der Waals surface area (Å²) in [6, 6.07) is 11.8. The van der Waals surface area contributed by atoms with E-state index in [1.165, 1.54) is 13.2 Å². The highest BCUT2D eigenvalue weighted by molar-refractivity contribution is 6.30. The van der Waals surface area contributed by atoms with Crippen LogP contribution in [0.3, 0.4) is 0 Å². The predicted octanol–water partition coefficient (Wildman–Crippen LogP) is 4.44. The Morgan fingerprint density at radius 1 is 1.31 bits per heavy atom. The molecule has 0 radical (unpaired) electrons. The topological polar surface area (TPSA) is 68.5 Å². The van der Waals surface area contributed by atoms with Gasteiger partial charge in [0.1, 0.15) is 16.9 Å². The average molecular weight is 370 g/mol. The van der Waals surface area contributed by atoms with Crippen LogP contribution < -0.4 is 15.7 Å². The number of allylic oxidation sites excluding steroid dienone is 1. The number of hydrogen-bond donors (Lipinski definition) is 1. The zero-order chi connectivity index (χ0) is 18.7. The third-order valence-electron chi connectivity index (χ3n) is 3.86. The Bertz CT molecular complexity index is 1060. The summed E-state index contributed by atoms with van der Waals surface area (Å²) in [5, 5.41) is 3.79. The number of anilines is 1. The van der Waals surface area contributed by atoms with Crippen LogP contribution in [0.4, 0.5) is 5.69 Å². The van der Waals surface area contributed by atoms with Crippen LogP contribution in [-0.2, 0) is 6.42 Å². The highest BCUT2D eigenvalue weighted by atomic mass is 35.5. The number of carbonyl (C=O) groups excluding carboxylic acids is 1. The second-order valence-electron chi connectivity index (χ2n) is 5.57. The molecular formula is C20H16ClNO4. The number of carbonyl (C=O) groups is 1. The van der Waals surface area contributed by atoms with Gasteiger partial charge in [0.2, 0.25) is 0 Å². The highest BCUT2D eigenvalue weighted by Gasteiger charge is 2.17. The summed E-state index contributed by atoms with van der Waals surface area (Å²) in [4.78, 5) is 24.9. The highest BCUT2D eigenvalue weighted by Crippen LogP contribution is 2.28. The Balaban J connectivity index is 2.00. The number of benzene rings is 2. The summed E-state index contributed by atoms with van der Waals surface area (Å²) in [6.07, 6.45) is 2.29. The second-order valence-corrected chi connectivity index (χ2v) is 6.01. The minimum Gasteiger partial charge on any atom is -0.495 e. The average Bonchev–Trinajstić information content (AvgIpc) is 2.63. The standard InChI is InChI=1S/C20H16ClNO4/c1-3-5-12-6-4-7-13-10-15(20(24)26-18(12)13)19(23)22-16-9-8-14(21)11-17(16)25-2/h3-4,6-11H,1,5H2,2H3,(H,22,23). The lowest BCUT2D eigenvalue weighted by Gasteiger charge is -2.10. The molecule has 0 bridgehead atoms. The van der Waals surface area contributed by atoms with E-state index in [4.69, 9.17) is 20.8 Å². The number of rotatable bonds is 5. The summed E-state index contributed by atoms with van der Waals surface area (Å²) in [5.74, 6) is -0.195. The van der Waals surface area contributed by atoms with Crippen molar-refractivity contribution in [1.29, 1.82) is 0 Å². The first-order chi connectivity index (χ1) is 12.5. The zero-order valence-corrected chi connectivity index (χ0v) is 14.8. The van der Waals surface area contributed by atoms with Crippen molar-refractivity contribution < 1.29 is 13.9 Å². The molecule has 6 heteroatoms. The minimum atomic E-state index is -0.709. The third kappa shape index (κ3) is 3.48. The maximum absolute atomic E-state index is 12.6. The Hall–Kier alpha value is -3.05. The molecule has 1 heterocycles. The summed E-state index contributed by atoms with van der Waals surface area (Å²) >= 11 is 5.92. The third-order valence-corrected chi connectivity index (χ3v) is 4.10. The first-order valence-corrected chi connectivity index (χ1v) is 8.23. The van der Waals surface area contributed by atoms with Crippen LogP contribution in [0.5, 0.6) is 5.75 Å². The smallest absolute Gasteiger partial charge is 0.349 e. The number of hydrogen-bond acceptors (Lipinski definition) is 4. The molecule has 5 nitrogen and oxygen atoms in total. The first kappa shape index (κ1) is 17.8. The largest absolute Gasteiger partial charge is 0.495 e. The van der Waals surface area contributed by atoms with Crippen LogP contribution in [0.25, 0.3) is 11.0 Å². The summed E-state index contributed by atoms with van der Waals surface area (Å²) in [5.41, 5.74) is 0.894. The van der Waals surface area contributed by atoms with Crippen molar-refractivity contribution in [3.05, 3.63) is 81.7 Å². The molecule has 0 saturated carbocycles. The maximum Gasteiger partial charge on any atom is 0.349 e. The van der Waals surface area contributed by atoms with Crippen LogP contribution in [0.15, 0.2) is 64.3 Å². The number of ether oxygens (including phenoxy) is 1. The Labute approximate surface area is 154 Å². The summed E-state index contributed by atoms with van der Waals surface area (Å²) in [6.45, 7) is 3.70. The van der Waals surface area contributed by atoms with Gasteiger partial charge in [0, 0.05) is 16.5 Å². The van der Waals surface area contributed by atoms with E-state index in [0.717, 1.165) is 5.56 Å². The lowest BCUT2D eigenvalue weighted by atomic mass is 10.1. The summed E-state index contributed by atoms with van der Waals surface area (Å²) < 4.78 is 10.6. The molecule has 0 fully saturated rings. The molecule has 0 saturated heterocycles. The molecule has 26 heavy (non-hydrogen) atoms. The molecule has 1 aromatic heterocycles. The first-order valence-electron chi connectivity index (χ1n) is 7.85. The van der Waals surface area contributed by atoms with Gasteiger partial charge in [0.05, 0.1) is 12.8 Å². The van der Waals surface area contributed by atoms with E-state index in [9.17, 15) is 9.59 Å². The van der Waals surface area contributed by atoms with E-state index in [1.54, 1.807) is 30.3 Å². The van der Waals surface area contributed by atoms with Gasteiger partial charge in [0.15, 0.2) is 0 Å². The van der Waals surface area contributed by atoms with Gasteiger partial charge in [-0.3, -0.25) is 4.79 Å². The van der Waals surface area contributed by atoms with Gasteiger partial charge in [-0.25, -0.2) is 4.79 Å². The van der Waals surface area contributed by atoms with Crippen molar-refractivity contribution in [2.45, 2.75) is 6.42 Å². The van der Waals surface area contributed by atoms with Gasteiger partial charge in [0.25, 0.3) is 5.91 Å². The molecule has 0 atom stereocenters. The van der Waals surface area contributed by atoms with Gasteiger partial charge < -0.3 is 14.5 Å². The van der Waals surface area contributed by atoms with Crippen molar-refractivity contribution >= 4 is 34.2 Å². The monoisotopic (exact) mass is 369 g/mol. The van der Waals surface area contributed by atoms with E-state index in [-0.39, 0.29) is 5.56 Å². The molecule has 0 unspecified atom stereocenters. The van der Waals surface area contributed by atoms with E-state index in [0.29, 0.717) is 33.8 Å². The van der Waals surface area contributed by atoms with Crippen LogP contribution >= 0.6 is 11.6 Å². The molecule has 3 rings (SSSR count). The van der Waals surface area contributed by atoms with Crippen LogP contribution in [-0.4, -0.2) is 13.0 Å².